The molecule has 194 valence electrons. The zero-order valence-electron chi connectivity index (χ0n) is 21.2. The molecule has 0 amide bonds. The van der Waals surface area contributed by atoms with Crippen molar-refractivity contribution < 1.29 is 0 Å². The second kappa shape index (κ2) is 10.4. The van der Waals surface area contributed by atoms with Crippen LogP contribution in [0, 0.1) is 0 Å². The quantitative estimate of drug-likeness (QED) is 0.182. The van der Waals surface area contributed by atoms with Gasteiger partial charge >= 0.3 is 0 Å². The molecule has 7 rings (SSSR count). The average Bonchev–Trinajstić information content (AvgIpc) is 3.54. The lowest BCUT2D eigenvalue weighted by molar-refractivity contribution is 0.829. The summed E-state index contributed by atoms with van der Waals surface area (Å²) in [5, 5.41) is 0. The van der Waals surface area contributed by atoms with E-state index in [2.05, 4.69) is 118 Å². The number of hydrogen-bond acceptors (Lipinski definition) is 4. The first-order valence-corrected chi connectivity index (χ1v) is 14.4. The molecule has 0 fully saturated rings. The summed E-state index contributed by atoms with van der Waals surface area (Å²) in [5.74, 6) is 1.77. The summed E-state index contributed by atoms with van der Waals surface area (Å²) < 4.78 is 6.62. The first-order valence-electron chi connectivity index (χ1n) is 12.8. The summed E-state index contributed by atoms with van der Waals surface area (Å²) in [7, 11) is 0. The van der Waals surface area contributed by atoms with Crippen LogP contribution in [0.5, 0.6) is 0 Å². The van der Waals surface area contributed by atoms with Crippen molar-refractivity contribution in [2.45, 2.75) is 13.1 Å². The lowest BCUT2D eigenvalue weighted by atomic mass is 10.1. The summed E-state index contributed by atoms with van der Waals surface area (Å²) >= 11 is 7.41. The highest BCUT2D eigenvalue weighted by molar-refractivity contribution is 9.10. The second-order valence-corrected chi connectivity index (χ2v) is 11.2. The van der Waals surface area contributed by atoms with Gasteiger partial charge in [-0.15, -0.1) is 0 Å². The van der Waals surface area contributed by atoms with Gasteiger partial charge in [-0.3, -0.25) is 4.98 Å². The molecule has 0 aliphatic rings. The van der Waals surface area contributed by atoms with Gasteiger partial charge in [-0.1, -0.05) is 92.5 Å². The molecule has 0 saturated heterocycles. The van der Waals surface area contributed by atoms with Crippen molar-refractivity contribution in [1.82, 2.24) is 29.1 Å². The number of hydrogen-bond donors (Lipinski definition) is 0. The van der Waals surface area contributed by atoms with Crippen LogP contribution in [0.25, 0.3) is 45.0 Å². The van der Waals surface area contributed by atoms with E-state index in [4.69, 9.17) is 9.97 Å². The Morgan fingerprint density at radius 2 is 1.18 bits per heavy atom. The van der Waals surface area contributed by atoms with Gasteiger partial charge < -0.3 is 9.13 Å². The van der Waals surface area contributed by atoms with Crippen molar-refractivity contribution in [3.8, 4) is 22.8 Å². The number of aromatic nitrogens is 6. The SMILES string of the molecule is Brc1ccccc1Cn1c(-c2ccc(-c3nc4ncccc4n3Cc3ccccc3Br)cc2)nc2cnccc21. The smallest absolute Gasteiger partial charge is 0.178 e. The van der Waals surface area contributed by atoms with Crippen molar-refractivity contribution in [2.24, 2.45) is 0 Å². The number of halogens is 2. The van der Waals surface area contributed by atoms with E-state index < -0.39 is 0 Å². The molecular formula is C32H22Br2N6. The molecule has 4 aromatic heterocycles. The van der Waals surface area contributed by atoms with Gasteiger partial charge in [0.05, 0.1) is 30.3 Å². The maximum atomic E-state index is 4.98. The minimum Gasteiger partial charge on any atom is -0.319 e. The predicted octanol–water partition coefficient (Wildman–Crippen LogP) is 8.13. The number of benzene rings is 3. The van der Waals surface area contributed by atoms with Crippen LogP contribution >= 0.6 is 31.9 Å². The van der Waals surface area contributed by atoms with Gasteiger partial charge in [-0.2, -0.15) is 0 Å². The van der Waals surface area contributed by atoms with Crippen LogP contribution in [0.15, 0.2) is 119 Å². The predicted molar refractivity (Wildman–Crippen MR) is 166 cm³/mol. The molecular weight excluding hydrogens is 628 g/mol. The van der Waals surface area contributed by atoms with E-state index in [0.717, 1.165) is 53.9 Å². The molecule has 0 spiro atoms. The maximum absolute atomic E-state index is 4.98. The van der Waals surface area contributed by atoms with Gasteiger partial charge in [-0.25, -0.2) is 15.0 Å². The van der Waals surface area contributed by atoms with Crippen molar-refractivity contribution >= 4 is 54.1 Å². The molecule has 6 nitrogen and oxygen atoms in total. The Morgan fingerprint density at radius 3 is 1.82 bits per heavy atom. The zero-order chi connectivity index (χ0) is 27.1. The van der Waals surface area contributed by atoms with Gasteiger partial charge in [0, 0.05) is 32.5 Å². The van der Waals surface area contributed by atoms with E-state index >= 15 is 0 Å². The zero-order valence-corrected chi connectivity index (χ0v) is 24.4. The molecule has 8 heteroatoms. The number of pyridine rings is 2. The van der Waals surface area contributed by atoms with Crippen LogP contribution < -0.4 is 0 Å². The van der Waals surface area contributed by atoms with Crippen LogP contribution in [0.4, 0.5) is 0 Å². The second-order valence-electron chi connectivity index (χ2n) is 9.51. The van der Waals surface area contributed by atoms with E-state index in [9.17, 15) is 0 Å². The summed E-state index contributed by atoms with van der Waals surface area (Å²) in [6, 6.07) is 31.1. The van der Waals surface area contributed by atoms with Crippen LogP contribution in [-0.2, 0) is 13.1 Å². The van der Waals surface area contributed by atoms with Crippen molar-refractivity contribution in [1.29, 1.82) is 0 Å². The van der Waals surface area contributed by atoms with Crippen molar-refractivity contribution in [2.75, 3.05) is 0 Å². The van der Waals surface area contributed by atoms with Crippen molar-refractivity contribution in [3.63, 3.8) is 0 Å². The van der Waals surface area contributed by atoms with Gasteiger partial charge in [0.1, 0.15) is 17.2 Å². The fraction of sp³-hybridized carbons (Fsp3) is 0.0625. The van der Waals surface area contributed by atoms with E-state index in [1.165, 1.54) is 11.1 Å². The lowest BCUT2D eigenvalue weighted by Gasteiger charge is -2.13. The van der Waals surface area contributed by atoms with E-state index in [1.54, 1.807) is 6.20 Å². The van der Waals surface area contributed by atoms with Gasteiger partial charge in [0.15, 0.2) is 5.65 Å². The summed E-state index contributed by atoms with van der Waals surface area (Å²) in [5.41, 5.74) is 8.06. The highest BCUT2D eigenvalue weighted by Crippen LogP contribution is 2.31. The van der Waals surface area contributed by atoms with Gasteiger partial charge in [0.2, 0.25) is 0 Å². The van der Waals surface area contributed by atoms with Gasteiger partial charge in [0.25, 0.3) is 0 Å². The molecule has 7 aromatic rings. The molecule has 0 saturated carbocycles. The molecule has 40 heavy (non-hydrogen) atoms. The molecule has 0 atom stereocenters. The molecule has 0 bridgehead atoms. The normalized spacial score (nSPS) is 11.4. The highest BCUT2D eigenvalue weighted by Gasteiger charge is 2.17. The molecule has 0 N–H and O–H groups in total. The first kappa shape index (κ1) is 24.9. The van der Waals surface area contributed by atoms with Crippen LogP contribution in [-0.4, -0.2) is 29.1 Å². The summed E-state index contributed by atoms with van der Waals surface area (Å²) in [4.78, 5) is 18.7. The summed E-state index contributed by atoms with van der Waals surface area (Å²) in [6.07, 6.45) is 5.42. The molecule has 0 unspecified atom stereocenters. The van der Waals surface area contributed by atoms with E-state index in [-0.39, 0.29) is 0 Å². The Morgan fingerprint density at radius 1 is 0.575 bits per heavy atom. The third-order valence-corrected chi connectivity index (χ3v) is 8.60. The standard InChI is InChI=1S/C32H22Br2N6/c33-25-8-3-1-6-23(25)19-39-28-15-17-35-18-27(28)37-31(39)21-11-13-22(14-12-21)32-38-30-29(10-5-16-36-30)40(32)20-24-7-2-4-9-26(24)34/h1-18H,19-20H2. The summed E-state index contributed by atoms with van der Waals surface area (Å²) in [6.45, 7) is 1.36. The topological polar surface area (TPSA) is 61.4 Å². The van der Waals surface area contributed by atoms with Crippen LogP contribution in [0.2, 0.25) is 0 Å². The maximum Gasteiger partial charge on any atom is 0.178 e. The van der Waals surface area contributed by atoms with E-state index in [1.807, 2.05) is 36.7 Å². The molecule has 0 aliphatic carbocycles. The Labute approximate surface area is 247 Å². The molecule has 0 aliphatic heterocycles. The highest BCUT2D eigenvalue weighted by atomic mass is 79.9. The molecule has 0 radical (unpaired) electrons. The minimum atomic E-state index is 0.676. The van der Waals surface area contributed by atoms with E-state index in [0.29, 0.717) is 13.1 Å². The third kappa shape index (κ3) is 4.53. The Kier molecular flexibility index (Phi) is 6.49. The third-order valence-electron chi connectivity index (χ3n) is 7.05. The first-order chi connectivity index (χ1) is 19.7. The number of imidazole rings is 2. The van der Waals surface area contributed by atoms with Crippen LogP contribution in [0.1, 0.15) is 11.1 Å². The number of rotatable bonds is 6. The fourth-order valence-corrected chi connectivity index (χ4v) is 5.89. The molecule has 3 aromatic carbocycles. The monoisotopic (exact) mass is 648 g/mol. The van der Waals surface area contributed by atoms with Gasteiger partial charge in [-0.05, 0) is 41.5 Å². The Bertz CT molecular complexity index is 1850. The largest absolute Gasteiger partial charge is 0.319 e. The minimum absolute atomic E-state index is 0.676. The van der Waals surface area contributed by atoms with Crippen LogP contribution in [0.3, 0.4) is 0 Å². The number of fused-ring (bicyclic) bond motifs is 2. The lowest BCUT2D eigenvalue weighted by Crippen LogP contribution is -2.04. The van der Waals surface area contributed by atoms with Crippen molar-refractivity contribution in [3.05, 3.63) is 130 Å². The Balaban J connectivity index is 1.31. The number of nitrogens with zero attached hydrogens (tertiary/aromatic N) is 6. The average molecular weight is 650 g/mol. The molecule has 4 heterocycles. The fourth-order valence-electron chi connectivity index (χ4n) is 5.06. The Hall–Kier alpha value is -4.14.